The van der Waals surface area contributed by atoms with Crippen molar-refractivity contribution in [2.75, 3.05) is 6.54 Å². The lowest BCUT2D eigenvalue weighted by molar-refractivity contribution is -0.253. The minimum atomic E-state index is -4.69. The van der Waals surface area contributed by atoms with Crippen LogP contribution in [-0.2, 0) is 19.6 Å². The zero-order valence-electron chi connectivity index (χ0n) is 13.5. The quantitative estimate of drug-likeness (QED) is 0.763. The number of halogens is 4. The van der Waals surface area contributed by atoms with E-state index in [1.165, 1.54) is 18.2 Å². The van der Waals surface area contributed by atoms with Gasteiger partial charge in [0, 0.05) is 13.1 Å². The number of benzene rings is 1. The van der Waals surface area contributed by atoms with Crippen molar-refractivity contribution in [1.29, 1.82) is 0 Å². The van der Waals surface area contributed by atoms with Gasteiger partial charge in [-0.2, -0.15) is 22.7 Å². The molecule has 140 valence electrons. The predicted octanol–water partition coefficient (Wildman–Crippen LogP) is 2.15. The molecule has 2 N–H and O–H groups in total. The molecule has 0 saturated carbocycles. The van der Waals surface area contributed by atoms with Gasteiger partial charge in [0.2, 0.25) is 0 Å². The topological polar surface area (TPSA) is 68.2 Å². The first-order chi connectivity index (χ1) is 12.4. The molecule has 2 aromatic rings. The van der Waals surface area contributed by atoms with E-state index in [0.29, 0.717) is 18.8 Å². The highest BCUT2D eigenvalue weighted by molar-refractivity contribution is 5.96. The highest BCUT2D eigenvalue weighted by atomic mass is 19.3. The molecule has 26 heavy (non-hydrogen) atoms. The van der Waals surface area contributed by atoms with Crippen LogP contribution in [0.15, 0.2) is 30.3 Å². The highest BCUT2D eigenvalue weighted by Crippen LogP contribution is 2.29. The molecule has 1 aliphatic rings. The number of hydrogen-bond donors (Lipinski definition) is 2. The number of para-hydroxylation sites is 1. The van der Waals surface area contributed by atoms with Crippen LogP contribution in [0, 0.1) is 0 Å². The Kier molecular flexibility index (Phi) is 5.12. The summed E-state index contributed by atoms with van der Waals surface area (Å²) in [5.74, 6) is -1.35. The van der Waals surface area contributed by atoms with Crippen molar-refractivity contribution in [3.8, 4) is 5.75 Å². The largest absolute Gasteiger partial charge is 0.461 e. The Balaban J connectivity index is 1.69. The molecule has 2 heterocycles. The number of nitrogens with zero attached hydrogens (tertiary/aromatic N) is 2. The zero-order valence-corrected chi connectivity index (χ0v) is 13.5. The van der Waals surface area contributed by atoms with Gasteiger partial charge in [-0.15, -0.1) is 0 Å². The first-order valence-electron chi connectivity index (χ1n) is 7.85. The average Bonchev–Trinajstić information content (AvgIpc) is 3.02. The molecular formula is C16H16F4N4O2. The van der Waals surface area contributed by atoms with Crippen LogP contribution in [0.4, 0.5) is 17.6 Å². The third-order valence-electron chi connectivity index (χ3n) is 3.78. The standard InChI is InChI=1S/C16H16F4N4O2/c17-15(18)16(19,20)26-13-4-2-1-3-12(13)14(25)22-8-10-7-11-9-21-5-6-24(11)23-10/h1-4,7,15,21H,5-6,8-9H2,(H,22,25). The third kappa shape index (κ3) is 3.96. The van der Waals surface area contributed by atoms with E-state index >= 15 is 0 Å². The minimum absolute atomic E-state index is 0.0679. The van der Waals surface area contributed by atoms with Crippen LogP contribution in [-0.4, -0.2) is 34.8 Å². The average molecular weight is 372 g/mol. The van der Waals surface area contributed by atoms with Crippen molar-refractivity contribution in [2.45, 2.75) is 32.2 Å². The predicted molar refractivity (Wildman–Crippen MR) is 83.1 cm³/mol. The van der Waals surface area contributed by atoms with Crippen molar-refractivity contribution in [3.05, 3.63) is 47.3 Å². The van der Waals surface area contributed by atoms with Gasteiger partial charge in [-0.1, -0.05) is 12.1 Å². The lowest BCUT2D eigenvalue weighted by Gasteiger charge is -2.18. The van der Waals surface area contributed by atoms with Gasteiger partial charge in [0.15, 0.2) is 0 Å². The fraction of sp³-hybridized carbons (Fsp3) is 0.375. The maximum absolute atomic E-state index is 13.1. The Labute approximate surface area is 146 Å². The number of ether oxygens (including phenoxy) is 1. The summed E-state index contributed by atoms with van der Waals surface area (Å²) in [6.07, 6.45) is -8.70. The van der Waals surface area contributed by atoms with E-state index in [9.17, 15) is 22.4 Å². The minimum Gasteiger partial charge on any atom is -0.427 e. The van der Waals surface area contributed by atoms with Gasteiger partial charge in [0.25, 0.3) is 5.91 Å². The smallest absolute Gasteiger partial charge is 0.427 e. The van der Waals surface area contributed by atoms with E-state index in [-0.39, 0.29) is 12.1 Å². The van der Waals surface area contributed by atoms with Crippen molar-refractivity contribution in [3.63, 3.8) is 0 Å². The van der Waals surface area contributed by atoms with Crippen LogP contribution in [0.25, 0.3) is 0 Å². The van der Waals surface area contributed by atoms with Crippen LogP contribution in [0.3, 0.4) is 0 Å². The van der Waals surface area contributed by atoms with E-state index in [2.05, 4.69) is 20.5 Å². The van der Waals surface area contributed by atoms with Gasteiger partial charge in [0.05, 0.1) is 30.0 Å². The fourth-order valence-corrected chi connectivity index (χ4v) is 2.54. The molecule has 6 nitrogen and oxygen atoms in total. The Morgan fingerprint density at radius 2 is 2.15 bits per heavy atom. The van der Waals surface area contributed by atoms with E-state index in [4.69, 9.17) is 0 Å². The second-order valence-electron chi connectivity index (χ2n) is 5.67. The van der Waals surface area contributed by atoms with E-state index in [1.807, 2.05) is 10.7 Å². The van der Waals surface area contributed by atoms with Gasteiger partial charge in [-0.05, 0) is 18.2 Å². The summed E-state index contributed by atoms with van der Waals surface area (Å²) in [6.45, 7) is 2.24. The lowest BCUT2D eigenvalue weighted by Crippen LogP contribution is -2.34. The Bertz CT molecular complexity index is 771. The maximum Gasteiger partial charge on any atom is 0.461 e. The van der Waals surface area contributed by atoms with Crippen LogP contribution < -0.4 is 15.4 Å². The fourth-order valence-electron chi connectivity index (χ4n) is 2.54. The lowest BCUT2D eigenvalue weighted by atomic mass is 10.2. The number of fused-ring (bicyclic) bond motifs is 1. The maximum atomic E-state index is 13.1. The Morgan fingerprint density at radius 3 is 2.88 bits per heavy atom. The molecule has 0 fully saturated rings. The Morgan fingerprint density at radius 1 is 1.38 bits per heavy atom. The second-order valence-corrected chi connectivity index (χ2v) is 5.67. The monoisotopic (exact) mass is 372 g/mol. The molecule has 10 heteroatoms. The van der Waals surface area contributed by atoms with E-state index < -0.39 is 24.2 Å². The molecule has 0 bridgehead atoms. The number of carbonyl (C=O) groups is 1. The first kappa shape index (κ1) is 18.2. The zero-order chi connectivity index (χ0) is 18.7. The molecule has 1 aromatic carbocycles. The number of amides is 1. The van der Waals surface area contributed by atoms with Crippen molar-refractivity contribution < 1.29 is 27.1 Å². The number of hydrogen-bond acceptors (Lipinski definition) is 4. The molecule has 0 radical (unpaired) electrons. The summed E-state index contributed by atoms with van der Waals surface area (Å²) >= 11 is 0. The van der Waals surface area contributed by atoms with Gasteiger partial charge in [-0.3, -0.25) is 9.48 Å². The molecular weight excluding hydrogens is 356 g/mol. The third-order valence-corrected chi connectivity index (χ3v) is 3.78. The molecule has 0 unspecified atom stereocenters. The van der Waals surface area contributed by atoms with Crippen molar-refractivity contribution in [1.82, 2.24) is 20.4 Å². The summed E-state index contributed by atoms with van der Waals surface area (Å²) in [5.41, 5.74) is 1.31. The highest BCUT2D eigenvalue weighted by Gasteiger charge is 2.44. The molecule has 1 aromatic heterocycles. The van der Waals surface area contributed by atoms with Crippen LogP contribution in [0.5, 0.6) is 5.75 Å². The number of nitrogens with one attached hydrogen (secondary N) is 2. The number of carbonyl (C=O) groups excluding carboxylic acids is 1. The molecule has 0 atom stereocenters. The van der Waals surface area contributed by atoms with Crippen LogP contribution in [0.2, 0.25) is 0 Å². The van der Waals surface area contributed by atoms with Crippen molar-refractivity contribution >= 4 is 5.91 Å². The van der Waals surface area contributed by atoms with Crippen LogP contribution in [0.1, 0.15) is 21.7 Å². The molecule has 1 aliphatic heterocycles. The van der Waals surface area contributed by atoms with Gasteiger partial charge in [-0.25, -0.2) is 0 Å². The van der Waals surface area contributed by atoms with Crippen molar-refractivity contribution in [2.24, 2.45) is 0 Å². The summed E-state index contributed by atoms with van der Waals surface area (Å²) < 4.78 is 56.8. The number of alkyl halides is 4. The summed E-state index contributed by atoms with van der Waals surface area (Å²) in [6, 6.07) is 6.80. The van der Waals surface area contributed by atoms with Gasteiger partial charge >= 0.3 is 12.5 Å². The van der Waals surface area contributed by atoms with Crippen LogP contribution >= 0.6 is 0 Å². The molecule has 1 amide bonds. The van der Waals surface area contributed by atoms with Gasteiger partial charge < -0.3 is 15.4 Å². The Hall–Kier alpha value is -2.62. The molecule has 0 spiro atoms. The number of rotatable bonds is 6. The first-order valence-corrected chi connectivity index (χ1v) is 7.85. The summed E-state index contributed by atoms with van der Waals surface area (Å²) in [5, 5.41) is 10.1. The molecule has 3 rings (SSSR count). The van der Waals surface area contributed by atoms with E-state index in [0.717, 1.165) is 18.3 Å². The summed E-state index contributed by atoms with van der Waals surface area (Å²) in [7, 11) is 0. The van der Waals surface area contributed by atoms with Gasteiger partial charge in [0.1, 0.15) is 5.75 Å². The molecule has 0 aliphatic carbocycles. The SMILES string of the molecule is O=C(NCc1cc2n(n1)CCNC2)c1ccccc1OC(F)(F)C(F)F. The number of aromatic nitrogens is 2. The molecule has 0 saturated heterocycles. The normalized spacial score (nSPS) is 14.2. The second kappa shape index (κ2) is 7.32. The van der Waals surface area contributed by atoms with E-state index in [1.54, 1.807) is 0 Å². The summed E-state index contributed by atoms with van der Waals surface area (Å²) in [4.78, 5) is 12.3.